The number of benzene rings is 1. The van der Waals surface area contributed by atoms with Crippen LogP contribution in [0.2, 0.25) is 0 Å². The number of rotatable bonds is 5. The number of hydrogen-bond donors (Lipinski definition) is 0. The van der Waals surface area contributed by atoms with Gasteiger partial charge in [-0.25, -0.2) is 0 Å². The van der Waals surface area contributed by atoms with Gasteiger partial charge in [0.05, 0.1) is 13.1 Å². The first-order valence-corrected chi connectivity index (χ1v) is 8.03. The molecule has 1 saturated heterocycles. The van der Waals surface area contributed by atoms with E-state index in [1.165, 1.54) is 11.9 Å². The van der Waals surface area contributed by atoms with Crippen molar-refractivity contribution in [3.63, 3.8) is 0 Å². The summed E-state index contributed by atoms with van der Waals surface area (Å²) in [7, 11) is 1.50. The zero-order valence-corrected chi connectivity index (χ0v) is 14.0. The maximum absolute atomic E-state index is 12.7. The quantitative estimate of drug-likeness (QED) is 0.436. The van der Waals surface area contributed by atoms with Crippen LogP contribution in [-0.4, -0.2) is 57.5 Å². The summed E-state index contributed by atoms with van der Waals surface area (Å²) < 4.78 is 0. The molecular formula is C17H17N3O6. The third kappa shape index (κ3) is 2.43. The molecule has 1 aromatic rings. The summed E-state index contributed by atoms with van der Waals surface area (Å²) in [5.41, 5.74) is -3.77. The van der Waals surface area contributed by atoms with Crippen molar-refractivity contribution in [1.29, 1.82) is 0 Å². The molecule has 1 heterocycles. The van der Waals surface area contributed by atoms with E-state index in [9.17, 15) is 29.8 Å². The van der Waals surface area contributed by atoms with Gasteiger partial charge >= 0.3 is 5.54 Å². The maximum Gasteiger partial charge on any atom is 0.305 e. The van der Waals surface area contributed by atoms with E-state index in [1.807, 2.05) is 0 Å². The summed E-state index contributed by atoms with van der Waals surface area (Å²) in [5, 5.41) is 23.8. The summed E-state index contributed by atoms with van der Waals surface area (Å²) in [5.74, 6) is -2.63. The second kappa shape index (κ2) is 6.10. The summed E-state index contributed by atoms with van der Waals surface area (Å²) in [6.07, 6.45) is 1.60. The lowest BCUT2D eigenvalue weighted by Gasteiger charge is -2.47. The Bertz CT molecular complexity index is 823. The van der Waals surface area contributed by atoms with Gasteiger partial charge in [0, 0.05) is 21.8 Å². The number of hydrogen-bond acceptors (Lipinski definition) is 7. The Morgan fingerprint density at radius 1 is 1.19 bits per heavy atom. The average molecular weight is 359 g/mol. The first-order valence-electron chi connectivity index (χ1n) is 8.03. The highest BCUT2D eigenvalue weighted by Gasteiger charge is 2.73. The Balaban J connectivity index is 2.13. The Morgan fingerprint density at radius 2 is 1.85 bits per heavy atom. The Morgan fingerprint density at radius 3 is 2.42 bits per heavy atom. The third-order valence-corrected chi connectivity index (χ3v) is 5.32. The molecule has 9 heteroatoms. The molecule has 0 saturated carbocycles. The van der Waals surface area contributed by atoms with Gasteiger partial charge in [-0.15, -0.1) is 0 Å². The number of nitrogens with zero attached hydrogens (tertiary/aromatic N) is 3. The molecule has 3 rings (SSSR count). The van der Waals surface area contributed by atoms with Crippen LogP contribution in [0.4, 0.5) is 0 Å². The summed E-state index contributed by atoms with van der Waals surface area (Å²) >= 11 is 0. The van der Waals surface area contributed by atoms with E-state index in [2.05, 4.69) is 0 Å². The van der Waals surface area contributed by atoms with Gasteiger partial charge < -0.3 is 0 Å². The molecule has 0 N–H and O–H groups in total. The average Bonchev–Trinajstić information content (AvgIpc) is 2.60. The third-order valence-electron chi connectivity index (χ3n) is 5.32. The van der Waals surface area contributed by atoms with Crippen LogP contribution >= 0.6 is 0 Å². The topological polar surface area (TPSA) is 124 Å². The molecule has 1 aliphatic carbocycles. The number of piperidine rings is 1. The normalized spacial score (nSPS) is 30.8. The Labute approximate surface area is 148 Å². The summed E-state index contributed by atoms with van der Waals surface area (Å²) in [4.78, 5) is 49.1. The van der Waals surface area contributed by atoms with Gasteiger partial charge in [0.25, 0.3) is 5.54 Å². The minimum Gasteiger partial charge on any atom is -0.294 e. The lowest BCUT2D eigenvalue weighted by Crippen LogP contribution is -2.74. The van der Waals surface area contributed by atoms with E-state index < -0.39 is 44.8 Å². The zero-order chi connectivity index (χ0) is 19.1. The van der Waals surface area contributed by atoms with Crippen LogP contribution in [0.15, 0.2) is 42.5 Å². The smallest absolute Gasteiger partial charge is 0.294 e. The number of carbonyl (C=O) groups excluding carboxylic acids is 2. The van der Waals surface area contributed by atoms with Crippen molar-refractivity contribution in [2.45, 2.75) is 17.5 Å². The molecule has 2 aliphatic rings. The van der Waals surface area contributed by atoms with E-state index >= 15 is 0 Å². The lowest BCUT2D eigenvalue weighted by molar-refractivity contribution is -0.623. The molecule has 0 aromatic heterocycles. The molecule has 0 radical (unpaired) electrons. The minimum atomic E-state index is -2.21. The Kier molecular flexibility index (Phi) is 4.19. The monoisotopic (exact) mass is 359 g/mol. The van der Waals surface area contributed by atoms with Gasteiger partial charge in [0.1, 0.15) is 5.92 Å². The number of nitro groups is 2. The number of Topliss-reactive ketones (excluding diaryl/α,β-unsaturated/α-hetero) is 1. The van der Waals surface area contributed by atoms with E-state index in [4.69, 9.17) is 0 Å². The van der Waals surface area contributed by atoms with Gasteiger partial charge in [0.15, 0.2) is 5.78 Å². The summed E-state index contributed by atoms with van der Waals surface area (Å²) in [6, 6.07) is 8.08. The van der Waals surface area contributed by atoms with Crippen LogP contribution in [0.1, 0.15) is 16.8 Å². The molecule has 0 amide bonds. The standard InChI is InChI=1S/C17H17N3O6/c1-18-10-16(19(23)24)8-7-15(22)17(11-18,20(25)26)14(16)9-13(21)12-5-3-2-4-6-12/h2-8,14H,9-11H2,1H3/t14-,16-,17-/m1/s1. The zero-order valence-electron chi connectivity index (χ0n) is 14.0. The number of likely N-dealkylation sites (tertiary alicyclic amines) is 1. The number of ketones is 2. The second-order valence-electron chi connectivity index (χ2n) is 6.85. The minimum absolute atomic E-state index is 0.105. The number of likely N-dealkylation sites (N-methyl/N-ethyl adjacent to an activating group) is 1. The van der Waals surface area contributed by atoms with E-state index in [1.54, 1.807) is 30.3 Å². The van der Waals surface area contributed by atoms with Crippen molar-refractivity contribution in [3.8, 4) is 0 Å². The van der Waals surface area contributed by atoms with Gasteiger partial charge in [-0.3, -0.25) is 34.7 Å². The van der Waals surface area contributed by atoms with Gasteiger partial charge in [-0.1, -0.05) is 30.3 Å². The fourth-order valence-corrected chi connectivity index (χ4v) is 4.11. The first kappa shape index (κ1) is 17.9. The van der Waals surface area contributed by atoms with Gasteiger partial charge in [-0.2, -0.15) is 0 Å². The molecule has 1 aromatic carbocycles. The fourth-order valence-electron chi connectivity index (χ4n) is 4.11. The number of carbonyl (C=O) groups is 2. The predicted molar refractivity (Wildman–Crippen MR) is 90.0 cm³/mol. The molecule has 136 valence electrons. The molecule has 3 atom stereocenters. The maximum atomic E-state index is 12.7. The fraction of sp³-hybridized carbons (Fsp3) is 0.412. The van der Waals surface area contributed by atoms with Gasteiger partial charge in [0.2, 0.25) is 5.78 Å². The number of fused-ring (bicyclic) bond motifs is 2. The van der Waals surface area contributed by atoms with Crippen LogP contribution in [0.25, 0.3) is 0 Å². The SMILES string of the molecule is CN1C[C@]2([N+](=O)[O-])C(=O)C=C[C@@]([N+](=O)[O-])(C1)[C@H]2CC(=O)c1ccccc1. The van der Waals surface area contributed by atoms with Crippen molar-refractivity contribution in [2.75, 3.05) is 20.1 Å². The molecule has 1 fully saturated rings. The largest absolute Gasteiger partial charge is 0.305 e. The molecule has 9 nitrogen and oxygen atoms in total. The highest BCUT2D eigenvalue weighted by Crippen LogP contribution is 2.45. The molecular weight excluding hydrogens is 342 g/mol. The molecule has 0 spiro atoms. The van der Waals surface area contributed by atoms with Crippen LogP contribution in [0.3, 0.4) is 0 Å². The highest BCUT2D eigenvalue weighted by atomic mass is 16.6. The van der Waals surface area contributed by atoms with Crippen LogP contribution in [-0.2, 0) is 4.79 Å². The van der Waals surface area contributed by atoms with Crippen molar-refractivity contribution in [2.24, 2.45) is 5.92 Å². The molecule has 26 heavy (non-hydrogen) atoms. The van der Waals surface area contributed by atoms with Crippen molar-refractivity contribution < 1.29 is 19.4 Å². The van der Waals surface area contributed by atoms with Crippen molar-refractivity contribution >= 4 is 11.6 Å². The van der Waals surface area contributed by atoms with Crippen molar-refractivity contribution in [3.05, 3.63) is 68.3 Å². The van der Waals surface area contributed by atoms with E-state index in [-0.39, 0.29) is 13.1 Å². The summed E-state index contributed by atoms with van der Waals surface area (Å²) in [6.45, 7) is -0.377. The molecule has 0 unspecified atom stereocenters. The predicted octanol–water partition coefficient (Wildman–Crippen LogP) is 0.991. The van der Waals surface area contributed by atoms with Crippen LogP contribution in [0, 0.1) is 26.1 Å². The van der Waals surface area contributed by atoms with Crippen molar-refractivity contribution in [1.82, 2.24) is 4.90 Å². The molecule has 2 bridgehead atoms. The highest BCUT2D eigenvalue weighted by molar-refractivity contribution is 6.01. The lowest BCUT2D eigenvalue weighted by atomic mass is 9.60. The second-order valence-corrected chi connectivity index (χ2v) is 6.85. The molecule has 1 aliphatic heterocycles. The Hall–Kier alpha value is -2.94. The van der Waals surface area contributed by atoms with E-state index in [0.717, 1.165) is 12.2 Å². The van der Waals surface area contributed by atoms with Crippen LogP contribution in [0.5, 0.6) is 0 Å². The van der Waals surface area contributed by atoms with Gasteiger partial charge in [-0.05, 0) is 19.2 Å². The van der Waals surface area contributed by atoms with E-state index in [0.29, 0.717) is 5.56 Å². The van der Waals surface area contributed by atoms with Crippen LogP contribution < -0.4 is 0 Å². The first-order chi connectivity index (χ1) is 12.2.